The lowest BCUT2D eigenvalue weighted by atomic mass is 9.96. The van der Waals surface area contributed by atoms with Gasteiger partial charge in [0.1, 0.15) is 11.5 Å². The van der Waals surface area contributed by atoms with Crippen LogP contribution >= 0.6 is 0 Å². The first-order valence-corrected chi connectivity index (χ1v) is 6.69. The highest BCUT2D eigenvalue weighted by atomic mass is 16.5. The van der Waals surface area contributed by atoms with Crippen LogP contribution in [0.2, 0.25) is 0 Å². The van der Waals surface area contributed by atoms with Gasteiger partial charge in [0.2, 0.25) is 0 Å². The van der Waals surface area contributed by atoms with Crippen LogP contribution in [-0.4, -0.2) is 31.5 Å². The zero-order chi connectivity index (χ0) is 13.9. The standard InChI is InChI=1S/C15H23NO3/c1-15(10-17,12-5-6-12)16-9-11-4-7-13(18-2)8-14(11)19-3/h4,7-8,12,16-17H,5-6,9-10H2,1-3H3. The molecule has 2 N–H and O–H groups in total. The smallest absolute Gasteiger partial charge is 0.127 e. The van der Waals surface area contributed by atoms with Crippen molar-refractivity contribution in [2.24, 2.45) is 5.92 Å². The van der Waals surface area contributed by atoms with E-state index in [4.69, 9.17) is 9.47 Å². The van der Waals surface area contributed by atoms with Crippen molar-refractivity contribution in [3.63, 3.8) is 0 Å². The predicted octanol–water partition coefficient (Wildman–Crippen LogP) is 1.95. The monoisotopic (exact) mass is 265 g/mol. The Bertz CT molecular complexity index is 431. The predicted molar refractivity (Wildman–Crippen MR) is 74.6 cm³/mol. The fraction of sp³-hybridized carbons (Fsp3) is 0.600. The summed E-state index contributed by atoms with van der Waals surface area (Å²) in [5, 5.41) is 13.0. The number of nitrogens with one attached hydrogen (secondary N) is 1. The number of aliphatic hydroxyl groups is 1. The summed E-state index contributed by atoms with van der Waals surface area (Å²) in [5.41, 5.74) is 0.883. The molecular weight excluding hydrogens is 242 g/mol. The summed E-state index contributed by atoms with van der Waals surface area (Å²) in [4.78, 5) is 0. The van der Waals surface area contributed by atoms with E-state index in [2.05, 4.69) is 12.2 Å². The summed E-state index contributed by atoms with van der Waals surface area (Å²) >= 11 is 0. The fourth-order valence-corrected chi connectivity index (χ4v) is 2.34. The zero-order valence-electron chi connectivity index (χ0n) is 11.9. The van der Waals surface area contributed by atoms with Gasteiger partial charge >= 0.3 is 0 Å². The van der Waals surface area contributed by atoms with Crippen molar-refractivity contribution in [1.82, 2.24) is 5.32 Å². The number of hydrogen-bond donors (Lipinski definition) is 2. The summed E-state index contributed by atoms with van der Waals surface area (Å²) in [6.07, 6.45) is 2.40. The van der Waals surface area contributed by atoms with Gasteiger partial charge in [-0.25, -0.2) is 0 Å². The fourth-order valence-electron chi connectivity index (χ4n) is 2.34. The lowest BCUT2D eigenvalue weighted by Crippen LogP contribution is -2.47. The van der Waals surface area contributed by atoms with Crippen molar-refractivity contribution in [1.29, 1.82) is 0 Å². The van der Waals surface area contributed by atoms with Crippen molar-refractivity contribution in [3.8, 4) is 11.5 Å². The zero-order valence-corrected chi connectivity index (χ0v) is 11.9. The van der Waals surface area contributed by atoms with Gasteiger partial charge in [0.15, 0.2) is 0 Å². The summed E-state index contributed by atoms with van der Waals surface area (Å²) in [5.74, 6) is 2.18. The Kier molecular flexibility index (Phi) is 4.32. The molecule has 0 saturated heterocycles. The maximum Gasteiger partial charge on any atom is 0.127 e. The van der Waals surface area contributed by atoms with E-state index in [0.717, 1.165) is 17.1 Å². The van der Waals surface area contributed by atoms with Crippen LogP contribution in [0.4, 0.5) is 0 Å². The van der Waals surface area contributed by atoms with Crippen LogP contribution in [-0.2, 0) is 6.54 Å². The second-order valence-corrected chi connectivity index (χ2v) is 5.38. The highest BCUT2D eigenvalue weighted by molar-refractivity contribution is 5.40. The van der Waals surface area contributed by atoms with Crippen LogP contribution < -0.4 is 14.8 Å². The van der Waals surface area contributed by atoms with Gasteiger partial charge in [-0.1, -0.05) is 6.07 Å². The maximum absolute atomic E-state index is 9.57. The van der Waals surface area contributed by atoms with Gasteiger partial charge < -0.3 is 19.9 Å². The van der Waals surface area contributed by atoms with Gasteiger partial charge in [-0.05, 0) is 31.7 Å². The third-order valence-corrected chi connectivity index (χ3v) is 3.98. The minimum Gasteiger partial charge on any atom is -0.497 e. The molecule has 1 saturated carbocycles. The Morgan fingerprint density at radius 1 is 1.32 bits per heavy atom. The summed E-state index contributed by atoms with van der Waals surface area (Å²) < 4.78 is 10.6. The molecule has 0 aromatic heterocycles. The molecular formula is C15H23NO3. The van der Waals surface area contributed by atoms with Crippen LogP contribution in [0.3, 0.4) is 0 Å². The van der Waals surface area contributed by atoms with Crippen molar-refractivity contribution in [3.05, 3.63) is 23.8 Å². The van der Waals surface area contributed by atoms with Crippen LogP contribution in [0.5, 0.6) is 11.5 Å². The minimum absolute atomic E-state index is 0.163. The topological polar surface area (TPSA) is 50.7 Å². The molecule has 0 spiro atoms. The van der Waals surface area contributed by atoms with Crippen molar-refractivity contribution in [2.45, 2.75) is 31.8 Å². The molecule has 0 aliphatic heterocycles. The second-order valence-electron chi connectivity index (χ2n) is 5.38. The van der Waals surface area contributed by atoms with Crippen molar-refractivity contribution in [2.75, 3.05) is 20.8 Å². The Morgan fingerprint density at radius 2 is 2.05 bits per heavy atom. The van der Waals surface area contributed by atoms with Gasteiger partial charge in [0.25, 0.3) is 0 Å². The number of benzene rings is 1. The molecule has 1 aliphatic carbocycles. The summed E-state index contributed by atoms with van der Waals surface area (Å²) in [7, 11) is 3.30. The molecule has 0 heterocycles. The number of hydrogen-bond acceptors (Lipinski definition) is 4. The minimum atomic E-state index is -0.190. The number of aliphatic hydroxyl groups excluding tert-OH is 1. The first-order valence-electron chi connectivity index (χ1n) is 6.69. The summed E-state index contributed by atoms with van der Waals surface area (Å²) in [6.45, 7) is 2.93. The molecule has 0 bridgehead atoms. The Hall–Kier alpha value is -1.26. The Labute approximate surface area is 114 Å². The lowest BCUT2D eigenvalue weighted by Gasteiger charge is -2.29. The normalized spacial score (nSPS) is 17.9. The molecule has 0 radical (unpaired) electrons. The third kappa shape index (κ3) is 3.19. The molecule has 1 aromatic rings. The van der Waals surface area contributed by atoms with Gasteiger partial charge in [-0.15, -0.1) is 0 Å². The van der Waals surface area contributed by atoms with E-state index in [1.54, 1.807) is 14.2 Å². The Morgan fingerprint density at radius 3 is 2.58 bits per heavy atom. The molecule has 0 amide bonds. The first kappa shape index (κ1) is 14.2. The molecule has 1 aromatic carbocycles. The van der Waals surface area contributed by atoms with E-state index in [0.29, 0.717) is 12.5 Å². The molecule has 4 heteroatoms. The summed E-state index contributed by atoms with van der Waals surface area (Å²) in [6, 6.07) is 5.80. The average molecular weight is 265 g/mol. The van der Waals surface area contributed by atoms with Gasteiger partial charge in [0.05, 0.1) is 20.8 Å². The van der Waals surface area contributed by atoms with E-state index in [-0.39, 0.29) is 12.1 Å². The quantitative estimate of drug-likeness (QED) is 0.791. The van der Waals surface area contributed by atoms with Crippen molar-refractivity contribution < 1.29 is 14.6 Å². The van der Waals surface area contributed by atoms with E-state index in [1.165, 1.54) is 12.8 Å². The molecule has 4 nitrogen and oxygen atoms in total. The van der Waals surface area contributed by atoms with E-state index in [9.17, 15) is 5.11 Å². The molecule has 1 fully saturated rings. The van der Waals surface area contributed by atoms with Gasteiger partial charge in [-0.3, -0.25) is 0 Å². The second kappa shape index (κ2) is 5.80. The molecule has 1 atom stereocenters. The number of rotatable bonds is 7. The first-order chi connectivity index (χ1) is 9.12. The molecule has 19 heavy (non-hydrogen) atoms. The van der Waals surface area contributed by atoms with E-state index < -0.39 is 0 Å². The molecule has 2 rings (SSSR count). The van der Waals surface area contributed by atoms with E-state index >= 15 is 0 Å². The lowest BCUT2D eigenvalue weighted by molar-refractivity contribution is 0.153. The molecule has 106 valence electrons. The SMILES string of the molecule is COc1ccc(CNC(C)(CO)C2CC2)c(OC)c1. The third-order valence-electron chi connectivity index (χ3n) is 3.98. The highest BCUT2D eigenvalue weighted by Gasteiger charge is 2.40. The molecule has 1 unspecified atom stereocenters. The van der Waals surface area contributed by atoms with Crippen LogP contribution in [0, 0.1) is 5.92 Å². The van der Waals surface area contributed by atoms with Crippen LogP contribution in [0.1, 0.15) is 25.3 Å². The number of ether oxygens (including phenoxy) is 2. The van der Waals surface area contributed by atoms with Gasteiger partial charge in [-0.2, -0.15) is 0 Å². The highest BCUT2D eigenvalue weighted by Crippen LogP contribution is 2.39. The van der Waals surface area contributed by atoms with E-state index in [1.807, 2.05) is 18.2 Å². The largest absolute Gasteiger partial charge is 0.497 e. The maximum atomic E-state index is 9.57. The molecule has 1 aliphatic rings. The van der Waals surface area contributed by atoms with Crippen molar-refractivity contribution >= 4 is 0 Å². The van der Waals surface area contributed by atoms with Crippen LogP contribution in [0.25, 0.3) is 0 Å². The Balaban J connectivity index is 2.06. The van der Waals surface area contributed by atoms with Crippen LogP contribution in [0.15, 0.2) is 18.2 Å². The average Bonchev–Trinajstić information content (AvgIpc) is 3.29. The van der Waals surface area contributed by atoms with Gasteiger partial charge in [0, 0.05) is 23.7 Å². The number of methoxy groups -OCH3 is 2.